The number of nitrogens with zero attached hydrogens (tertiary/aromatic N) is 1. The quantitative estimate of drug-likeness (QED) is 0.623. The molecule has 1 heteroatoms. The molecule has 1 heterocycles. The lowest BCUT2D eigenvalue weighted by Crippen LogP contribution is -2.03. The minimum Gasteiger partial charge on any atom is -0.253 e. The van der Waals surface area contributed by atoms with Gasteiger partial charge in [0.15, 0.2) is 0 Å². The van der Waals surface area contributed by atoms with Crippen LogP contribution in [-0.4, -0.2) is 4.98 Å². The van der Waals surface area contributed by atoms with Gasteiger partial charge in [-0.1, -0.05) is 62.4 Å². The predicted octanol–water partition coefficient (Wildman–Crippen LogP) is 5.41. The Hall–Kier alpha value is -2.15. The van der Waals surface area contributed by atoms with Crippen LogP contribution in [0.1, 0.15) is 25.1 Å². The molecule has 2 aromatic carbocycles. The maximum Gasteiger partial charge on any atom is 0.0711 e. The third-order valence-electron chi connectivity index (χ3n) is 3.87. The van der Waals surface area contributed by atoms with Gasteiger partial charge < -0.3 is 0 Å². The number of aromatic nitrogens is 1. The third-order valence-corrected chi connectivity index (χ3v) is 3.87. The number of pyridine rings is 1. The van der Waals surface area contributed by atoms with Crippen LogP contribution in [0.25, 0.3) is 22.0 Å². The zero-order valence-electron chi connectivity index (χ0n) is 12.9. The van der Waals surface area contributed by atoms with Crippen LogP contribution in [0.4, 0.5) is 0 Å². The lowest BCUT2D eigenvalue weighted by atomic mass is 9.90. The fraction of sp³-hybridized carbons (Fsp3) is 0.250. The summed E-state index contributed by atoms with van der Waals surface area (Å²) in [4.78, 5) is 4.81. The van der Waals surface area contributed by atoms with Crippen LogP contribution < -0.4 is 0 Å². The van der Waals surface area contributed by atoms with Gasteiger partial charge in [0.2, 0.25) is 0 Å². The first kappa shape index (κ1) is 13.8. The highest BCUT2D eigenvalue weighted by Crippen LogP contribution is 2.34. The first-order valence-corrected chi connectivity index (χ1v) is 7.60. The van der Waals surface area contributed by atoms with Gasteiger partial charge in [0.25, 0.3) is 0 Å². The normalized spacial score (nSPS) is 11.2. The maximum atomic E-state index is 4.81. The second kappa shape index (κ2) is 5.69. The molecule has 0 unspecified atom stereocenters. The van der Waals surface area contributed by atoms with E-state index in [1.165, 1.54) is 22.1 Å². The fourth-order valence-electron chi connectivity index (χ4n) is 2.97. The number of hydrogen-bond donors (Lipinski definition) is 0. The van der Waals surface area contributed by atoms with E-state index >= 15 is 0 Å². The van der Waals surface area contributed by atoms with Crippen molar-refractivity contribution < 1.29 is 0 Å². The van der Waals surface area contributed by atoms with Crippen LogP contribution in [0.2, 0.25) is 0 Å². The van der Waals surface area contributed by atoms with Gasteiger partial charge in [0.05, 0.1) is 5.52 Å². The first-order valence-electron chi connectivity index (χ1n) is 7.60. The summed E-state index contributed by atoms with van der Waals surface area (Å²) in [6, 6.07) is 19.1. The van der Waals surface area contributed by atoms with Gasteiger partial charge in [-0.05, 0) is 42.0 Å². The lowest BCUT2D eigenvalue weighted by Gasteiger charge is -2.17. The molecular weight excluding hydrogens is 254 g/mol. The predicted molar refractivity (Wildman–Crippen MR) is 90.5 cm³/mol. The van der Waals surface area contributed by atoms with Crippen molar-refractivity contribution in [3.8, 4) is 11.1 Å². The number of aryl methyl sites for hydroxylation is 1. The first-order chi connectivity index (χ1) is 10.2. The highest BCUT2D eigenvalue weighted by Gasteiger charge is 2.14. The average molecular weight is 275 g/mol. The molecule has 0 spiro atoms. The molecule has 0 aliphatic heterocycles. The van der Waals surface area contributed by atoms with E-state index in [0.29, 0.717) is 5.92 Å². The van der Waals surface area contributed by atoms with Crippen molar-refractivity contribution in [2.45, 2.75) is 27.2 Å². The van der Waals surface area contributed by atoms with Gasteiger partial charge in [-0.2, -0.15) is 0 Å². The molecule has 1 nitrogen and oxygen atoms in total. The maximum absolute atomic E-state index is 4.81. The number of para-hydroxylation sites is 1. The standard InChI is InChI=1S/C20H21N/c1-14(2)13-18-15(3)21-19-12-8-7-11-17(19)20(18)16-9-5-4-6-10-16/h4-12,14H,13H2,1-3H3. The van der Waals surface area contributed by atoms with Crippen LogP contribution >= 0.6 is 0 Å². The van der Waals surface area contributed by atoms with E-state index in [-0.39, 0.29) is 0 Å². The smallest absolute Gasteiger partial charge is 0.0711 e. The van der Waals surface area contributed by atoms with Gasteiger partial charge in [0, 0.05) is 11.1 Å². The molecule has 0 amide bonds. The number of fused-ring (bicyclic) bond motifs is 1. The molecule has 0 N–H and O–H groups in total. The van der Waals surface area contributed by atoms with Crippen molar-refractivity contribution in [3.63, 3.8) is 0 Å². The molecule has 0 fully saturated rings. The average Bonchev–Trinajstić information content (AvgIpc) is 2.48. The van der Waals surface area contributed by atoms with Gasteiger partial charge in [-0.25, -0.2) is 0 Å². The largest absolute Gasteiger partial charge is 0.253 e. The van der Waals surface area contributed by atoms with Crippen LogP contribution in [0, 0.1) is 12.8 Å². The fourth-order valence-corrected chi connectivity index (χ4v) is 2.97. The molecule has 0 radical (unpaired) electrons. The van der Waals surface area contributed by atoms with Crippen molar-refractivity contribution in [2.75, 3.05) is 0 Å². The Labute approximate surface area is 126 Å². The summed E-state index contributed by atoms with van der Waals surface area (Å²) in [5, 5.41) is 1.25. The Balaban J connectivity index is 2.36. The summed E-state index contributed by atoms with van der Waals surface area (Å²) < 4.78 is 0. The van der Waals surface area contributed by atoms with E-state index in [0.717, 1.165) is 17.6 Å². The monoisotopic (exact) mass is 275 g/mol. The minimum absolute atomic E-state index is 0.620. The molecule has 21 heavy (non-hydrogen) atoms. The van der Waals surface area contributed by atoms with Crippen molar-refractivity contribution in [1.82, 2.24) is 4.98 Å². The Morgan fingerprint density at radius 2 is 1.57 bits per heavy atom. The van der Waals surface area contributed by atoms with E-state index < -0.39 is 0 Å². The zero-order chi connectivity index (χ0) is 14.8. The molecular formula is C20H21N. The van der Waals surface area contributed by atoms with E-state index in [1.807, 2.05) is 0 Å². The highest BCUT2D eigenvalue weighted by atomic mass is 14.7. The summed E-state index contributed by atoms with van der Waals surface area (Å²) >= 11 is 0. The van der Waals surface area contributed by atoms with Gasteiger partial charge in [-0.3, -0.25) is 4.98 Å². The van der Waals surface area contributed by atoms with Crippen LogP contribution in [-0.2, 0) is 6.42 Å². The summed E-state index contributed by atoms with van der Waals surface area (Å²) in [5.41, 5.74) is 6.26. The van der Waals surface area contributed by atoms with Crippen LogP contribution in [0.5, 0.6) is 0 Å². The zero-order valence-corrected chi connectivity index (χ0v) is 12.9. The second-order valence-electron chi connectivity index (χ2n) is 6.03. The van der Waals surface area contributed by atoms with Crippen molar-refractivity contribution in [2.24, 2.45) is 5.92 Å². The third kappa shape index (κ3) is 2.69. The van der Waals surface area contributed by atoms with Crippen molar-refractivity contribution in [1.29, 1.82) is 0 Å². The van der Waals surface area contributed by atoms with E-state index in [1.54, 1.807) is 0 Å². The molecule has 3 rings (SSSR count). The van der Waals surface area contributed by atoms with Gasteiger partial charge in [0.1, 0.15) is 0 Å². The minimum atomic E-state index is 0.620. The van der Waals surface area contributed by atoms with Gasteiger partial charge in [-0.15, -0.1) is 0 Å². The molecule has 0 saturated heterocycles. The molecule has 3 aromatic rings. The van der Waals surface area contributed by atoms with E-state index in [4.69, 9.17) is 4.98 Å². The summed E-state index contributed by atoms with van der Waals surface area (Å²) in [5.74, 6) is 0.620. The summed E-state index contributed by atoms with van der Waals surface area (Å²) in [6.45, 7) is 6.67. The Morgan fingerprint density at radius 1 is 0.905 bits per heavy atom. The second-order valence-corrected chi connectivity index (χ2v) is 6.03. The Morgan fingerprint density at radius 3 is 2.29 bits per heavy atom. The molecule has 0 atom stereocenters. The molecule has 0 saturated carbocycles. The van der Waals surface area contributed by atoms with Crippen LogP contribution in [0.3, 0.4) is 0 Å². The highest BCUT2D eigenvalue weighted by molar-refractivity contribution is 5.96. The lowest BCUT2D eigenvalue weighted by molar-refractivity contribution is 0.644. The van der Waals surface area contributed by atoms with Crippen LogP contribution in [0.15, 0.2) is 54.6 Å². The Kier molecular flexibility index (Phi) is 3.74. The Bertz CT molecular complexity index is 757. The number of hydrogen-bond acceptors (Lipinski definition) is 1. The summed E-state index contributed by atoms with van der Waals surface area (Å²) in [7, 11) is 0. The summed E-state index contributed by atoms with van der Waals surface area (Å²) in [6.07, 6.45) is 1.06. The van der Waals surface area contributed by atoms with Crippen molar-refractivity contribution in [3.05, 3.63) is 65.9 Å². The molecule has 0 aliphatic carbocycles. The van der Waals surface area contributed by atoms with Crippen molar-refractivity contribution >= 4 is 10.9 Å². The number of benzene rings is 2. The van der Waals surface area contributed by atoms with Gasteiger partial charge >= 0.3 is 0 Å². The topological polar surface area (TPSA) is 12.9 Å². The van der Waals surface area contributed by atoms with E-state index in [9.17, 15) is 0 Å². The SMILES string of the molecule is Cc1nc2ccccc2c(-c2ccccc2)c1CC(C)C. The molecule has 0 aliphatic rings. The molecule has 1 aromatic heterocycles. The molecule has 106 valence electrons. The molecule has 0 bridgehead atoms. The number of rotatable bonds is 3. The van der Waals surface area contributed by atoms with E-state index in [2.05, 4.69) is 75.4 Å².